The molecule has 8 heteroatoms. The van der Waals surface area contributed by atoms with Crippen LogP contribution < -0.4 is 4.90 Å². The number of rotatable bonds is 4. The van der Waals surface area contributed by atoms with Gasteiger partial charge in [-0.25, -0.2) is 4.68 Å². The van der Waals surface area contributed by atoms with E-state index in [0.29, 0.717) is 37.6 Å². The molecule has 1 aromatic heterocycles. The van der Waals surface area contributed by atoms with Gasteiger partial charge in [-0.2, -0.15) is 5.10 Å². The van der Waals surface area contributed by atoms with Gasteiger partial charge in [0.2, 0.25) is 0 Å². The third-order valence-electron chi connectivity index (χ3n) is 5.04. The fourth-order valence-corrected chi connectivity index (χ4v) is 3.62. The lowest BCUT2D eigenvalue weighted by atomic mass is 10.2. The Morgan fingerprint density at radius 3 is 2.34 bits per heavy atom. The quantitative estimate of drug-likeness (QED) is 0.504. The maximum Gasteiger partial charge on any atom is 0.292 e. The number of amides is 1. The van der Waals surface area contributed by atoms with Crippen molar-refractivity contribution in [2.75, 3.05) is 31.1 Å². The van der Waals surface area contributed by atoms with Crippen LogP contribution in [0.15, 0.2) is 60.7 Å². The molecule has 1 aliphatic rings. The molecule has 0 N–H and O–H groups in total. The highest BCUT2D eigenvalue weighted by atomic mass is 16.6. The van der Waals surface area contributed by atoms with Crippen molar-refractivity contribution < 1.29 is 9.72 Å². The Labute approximate surface area is 168 Å². The lowest BCUT2D eigenvalue weighted by molar-refractivity contribution is -0.384. The van der Waals surface area contributed by atoms with Gasteiger partial charge >= 0.3 is 0 Å². The normalized spacial score (nSPS) is 14.1. The van der Waals surface area contributed by atoms with Crippen molar-refractivity contribution in [2.24, 2.45) is 0 Å². The van der Waals surface area contributed by atoms with Crippen molar-refractivity contribution in [1.29, 1.82) is 0 Å². The smallest absolute Gasteiger partial charge is 0.292 e. The molecule has 0 spiro atoms. The van der Waals surface area contributed by atoms with E-state index in [4.69, 9.17) is 0 Å². The minimum Gasteiger partial charge on any atom is -0.362 e. The number of carbonyl (C=O) groups excluding carboxylic acids is 1. The number of piperazine rings is 1. The fraction of sp³-hybridized carbons (Fsp3) is 0.238. The molecule has 3 aromatic rings. The molecule has 0 atom stereocenters. The van der Waals surface area contributed by atoms with Gasteiger partial charge in [0.05, 0.1) is 16.3 Å². The number of para-hydroxylation sites is 3. The van der Waals surface area contributed by atoms with Gasteiger partial charge in [0.25, 0.3) is 11.6 Å². The minimum atomic E-state index is -0.367. The number of nitrogens with zero attached hydrogens (tertiary/aromatic N) is 5. The van der Waals surface area contributed by atoms with Crippen LogP contribution >= 0.6 is 0 Å². The van der Waals surface area contributed by atoms with Crippen molar-refractivity contribution >= 4 is 17.3 Å². The van der Waals surface area contributed by atoms with Crippen LogP contribution in [0.5, 0.6) is 0 Å². The molecule has 0 unspecified atom stereocenters. The first-order valence-electron chi connectivity index (χ1n) is 9.44. The molecule has 0 saturated carbocycles. The second-order valence-electron chi connectivity index (χ2n) is 6.94. The molecule has 1 saturated heterocycles. The lowest BCUT2D eigenvalue weighted by Gasteiger charge is -2.35. The van der Waals surface area contributed by atoms with Crippen LogP contribution in [0, 0.1) is 17.0 Å². The van der Waals surface area contributed by atoms with E-state index in [1.807, 2.05) is 42.2 Å². The number of nitro groups is 1. The second kappa shape index (κ2) is 7.75. The molecule has 2 heterocycles. The van der Waals surface area contributed by atoms with Gasteiger partial charge < -0.3 is 9.80 Å². The summed E-state index contributed by atoms with van der Waals surface area (Å²) in [4.78, 5) is 27.8. The fourth-order valence-electron chi connectivity index (χ4n) is 3.62. The van der Waals surface area contributed by atoms with Crippen LogP contribution in [0.4, 0.5) is 11.4 Å². The van der Waals surface area contributed by atoms with Gasteiger partial charge in [-0.15, -0.1) is 0 Å². The summed E-state index contributed by atoms with van der Waals surface area (Å²) in [6, 6.07) is 18.1. The van der Waals surface area contributed by atoms with Crippen molar-refractivity contribution in [1.82, 2.24) is 14.7 Å². The molecule has 148 valence electrons. The summed E-state index contributed by atoms with van der Waals surface area (Å²) in [7, 11) is 0. The molecule has 1 fully saturated rings. The largest absolute Gasteiger partial charge is 0.362 e. The molecule has 0 radical (unpaired) electrons. The van der Waals surface area contributed by atoms with E-state index in [1.54, 1.807) is 33.8 Å². The summed E-state index contributed by atoms with van der Waals surface area (Å²) in [6.07, 6.45) is 0. The number of hydrogen-bond acceptors (Lipinski definition) is 5. The minimum absolute atomic E-state index is 0.0864. The van der Waals surface area contributed by atoms with E-state index in [2.05, 4.69) is 5.10 Å². The molecule has 1 amide bonds. The third kappa shape index (κ3) is 3.69. The Morgan fingerprint density at radius 2 is 1.66 bits per heavy atom. The summed E-state index contributed by atoms with van der Waals surface area (Å²) in [5.41, 5.74) is 2.81. The highest BCUT2D eigenvalue weighted by Gasteiger charge is 2.28. The van der Waals surface area contributed by atoms with Gasteiger partial charge in [0.15, 0.2) is 0 Å². The van der Waals surface area contributed by atoms with Crippen LogP contribution in [0.3, 0.4) is 0 Å². The van der Waals surface area contributed by atoms with Crippen LogP contribution in [0.1, 0.15) is 16.2 Å². The van der Waals surface area contributed by atoms with E-state index in [0.717, 1.165) is 11.4 Å². The predicted octanol–water partition coefficient (Wildman–Crippen LogP) is 3.05. The predicted molar refractivity (Wildman–Crippen MR) is 110 cm³/mol. The van der Waals surface area contributed by atoms with Gasteiger partial charge in [0, 0.05) is 32.2 Å². The van der Waals surface area contributed by atoms with E-state index < -0.39 is 0 Å². The number of benzene rings is 2. The summed E-state index contributed by atoms with van der Waals surface area (Å²) in [6.45, 7) is 3.92. The zero-order valence-corrected chi connectivity index (χ0v) is 16.1. The topological polar surface area (TPSA) is 84.5 Å². The molecular weight excluding hydrogens is 370 g/mol. The van der Waals surface area contributed by atoms with Crippen LogP contribution in [-0.4, -0.2) is 51.7 Å². The van der Waals surface area contributed by atoms with Crippen molar-refractivity contribution in [3.05, 3.63) is 82.2 Å². The Balaban J connectivity index is 1.52. The molecule has 8 nitrogen and oxygen atoms in total. The van der Waals surface area contributed by atoms with E-state index in [-0.39, 0.29) is 16.5 Å². The van der Waals surface area contributed by atoms with Gasteiger partial charge in [-0.3, -0.25) is 14.9 Å². The zero-order chi connectivity index (χ0) is 20.4. The number of aromatic nitrogens is 2. The second-order valence-corrected chi connectivity index (χ2v) is 6.94. The number of nitro benzene ring substituents is 1. The number of hydrogen-bond donors (Lipinski definition) is 0. The van der Waals surface area contributed by atoms with Gasteiger partial charge in [0.1, 0.15) is 11.4 Å². The van der Waals surface area contributed by atoms with Crippen molar-refractivity contribution in [3.8, 4) is 5.69 Å². The number of aryl methyl sites for hydroxylation is 1. The Morgan fingerprint density at radius 1 is 1.00 bits per heavy atom. The maximum absolute atomic E-state index is 13.2. The molecule has 0 aliphatic carbocycles. The summed E-state index contributed by atoms with van der Waals surface area (Å²) < 4.78 is 1.67. The number of carbonyl (C=O) groups is 1. The monoisotopic (exact) mass is 391 g/mol. The summed E-state index contributed by atoms with van der Waals surface area (Å²) in [5, 5.41) is 15.8. The van der Waals surface area contributed by atoms with Crippen LogP contribution in [0.25, 0.3) is 5.69 Å². The Bertz CT molecular complexity index is 1040. The molecule has 0 bridgehead atoms. The summed E-state index contributed by atoms with van der Waals surface area (Å²) >= 11 is 0. The van der Waals surface area contributed by atoms with E-state index >= 15 is 0 Å². The highest BCUT2D eigenvalue weighted by molar-refractivity contribution is 5.93. The zero-order valence-electron chi connectivity index (χ0n) is 16.1. The lowest BCUT2D eigenvalue weighted by Crippen LogP contribution is -2.49. The Hall–Kier alpha value is -3.68. The first kappa shape index (κ1) is 18.7. The third-order valence-corrected chi connectivity index (χ3v) is 5.04. The molecule has 1 aliphatic heterocycles. The van der Waals surface area contributed by atoms with E-state index in [9.17, 15) is 14.9 Å². The van der Waals surface area contributed by atoms with E-state index in [1.165, 1.54) is 6.07 Å². The van der Waals surface area contributed by atoms with Crippen LogP contribution in [-0.2, 0) is 0 Å². The SMILES string of the molecule is Cc1cc(C(=O)N2CCN(c3ccccc3[N+](=O)[O-])CC2)n(-c2ccccc2)n1. The summed E-state index contributed by atoms with van der Waals surface area (Å²) in [5.74, 6) is -0.0864. The van der Waals surface area contributed by atoms with Gasteiger partial charge in [-0.05, 0) is 31.2 Å². The Kier molecular flexibility index (Phi) is 4.99. The standard InChI is InChI=1S/C21H21N5O3/c1-16-15-20(25(22-16)17-7-3-2-4-8-17)21(27)24-13-11-23(12-14-24)18-9-5-6-10-19(18)26(28)29/h2-10,15H,11-14H2,1H3. The molecular formula is C21H21N5O3. The maximum atomic E-state index is 13.2. The average Bonchev–Trinajstić information content (AvgIpc) is 3.15. The first-order valence-corrected chi connectivity index (χ1v) is 9.44. The van der Waals surface area contributed by atoms with Crippen molar-refractivity contribution in [2.45, 2.75) is 6.92 Å². The van der Waals surface area contributed by atoms with Gasteiger partial charge in [-0.1, -0.05) is 30.3 Å². The highest BCUT2D eigenvalue weighted by Crippen LogP contribution is 2.28. The number of anilines is 1. The van der Waals surface area contributed by atoms with Crippen molar-refractivity contribution in [3.63, 3.8) is 0 Å². The first-order chi connectivity index (χ1) is 14.0. The average molecular weight is 391 g/mol. The van der Waals surface area contributed by atoms with Crippen LogP contribution in [0.2, 0.25) is 0 Å². The molecule has 29 heavy (non-hydrogen) atoms. The molecule has 2 aromatic carbocycles. The molecule has 4 rings (SSSR count).